The molecule has 0 saturated carbocycles. The van der Waals surface area contributed by atoms with E-state index < -0.39 is 11.6 Å². The summed E-state index contributed by atoms with van der Waals surface area (Å²) >= 11 is 0. The fourth-order valence-electron chi connectivity index (χ4n) is 1.78. The van der Waals surface area contributed by atoms with Gasteiger partial charge in [-0.15, -0.1) is 0 Å². The Hall–Kier alpha value is -2.10. The molecule has 0 aromatic heterocycles. The molecule has 2 nitrogen and oxygen atoms in total. The van der Waals surface area contributed by atoms with Crippen LogP contribution in [0.1, 0.15) is 18.9 Å². The van der Waals surface area contributed by atoms with Crippen LogP contribution >= 0.6 is 0 Å². The first-order valence-electron chi connectivity index (χ1n) is 6.12. The highest BCUT2D eigenvalue weighted by atomic mass is 19.2. The molecule has 100 valence electrons. The highest BCUT2D eigenvalue weighted by Crippen LogP contribution is 2.31. The minimum Gasteiger partial charge on any atom is -0.452 e. The van der Waals surface area contributed by atoms with Crippen molar-refractivity contribution < 1.29 is 13.5 Å². The van der Waals surface area contributed by atoms with Crippen LogP contribution in [-0.2, 0) is 6.42 Å². The molecule has 0 aliphatic heterocycles. The molecule has 0 saturated heterocycles. The summed E-state index contributed by atoms with van der Waals surface area (Å²) in [6.45, 7) is 2.09. The fraction of sp³-hybridized carbons (Fsp3) is 0.200. The van der Waals surface area contributed by atoms with Gasteiger partial charge in [0.1, 0.15) is 5.75 Å². The standard InChI is InChI=1S/C15H15F2NO/c1-2-3-10-4-6-11(7-5-10)19-15-13(18)9-8-12(16)14(15)17/h4-9H,2-3,18H2,1H3. The molecular formula is C15H15F2NO. The first-order chi connectivity index (χ1) is 9.11. The van der Waals surface area contributed by atoms with Crippen molar-refractivity contribution in [1.29, 1.82) is 0 Å². The lowest BCUT2D eigenvalue weighted by Crippen LogP contribution is -1.97. The Kier molecular flexibility index (Phi) is 4.00. The molecule has 0 aliphatic carbocycles. The molecule has 0 radical (unpaired) electrons. The number of hydrogen-bond acceptors (Lipinski definition) is 2. The van der Waals surface area contributed by atoms with Crippen LogP contribution in [0.2, 0.25) is 0 Å². The van der Waals surface area contributed by atoms with Gasteiger partial charge in [-0.1, -0.05) is 25.5 Å². The van der Waals surface area contributed by atoms with Gasteiger partial charge in [-0.2, -0.15) is 4.39 Å². The molecule has 2 rings (SSSR count). The van der Waals surface area contributed by atoms with Crippen molar-refractivity contribution in [3.05, 3.63) is 53.6 Å². The van der Waals surface area contributed by atoms with Crippen LogP contribution in [0.25, 0.3) is 0 Å². The molecule has 0 unspecified atom stereocenters. The van der Waals surface area contributed by atoms with Crippen molar-refractivity contribution in [3.63, 3.8) is 0 Å². The Morgan fingerprint density at radius 2 is 1.74 bits per heavy atom. The highest BCUT2D eigenvalue weighted by Gasteiger charge is 2.14. The van der Waals surface area contributed by atoms with Crippen LogP contribution in [0.15, 0.2) is 36.4 Å². The van der Waals surface area contributed by atoms with E-state index in [1.54, 1.807) is 12.1 Å². The summed E-state index contributed by atoms with van der Waals surface area (Å²) in [5.41, 5.74) is 6.82. The number of ether oxygens (including phenoxy) is 1. The van der Waals surface area contributed by atoms with E-state index in [0.29, 0.717) is 5.75 Å². The summed E-state index contributed by atoms with van der Waals surface area (Å²) in [7, 11) is 0. The zero-order chi connectivity index (χ0) is 13.8. The summed E-state index contributed by atoms with van der Waals surface area (Å²) in [6, 6.07) is 9.48. The minimum absolute atomic E-state index is 0.0662. The van der Waals surface area contributed by atoms with E-state index in [2.05, 4.69) is 6.92 Å². The fourth-order valence-corrected chi connectivity index (χ4v) is 1.78. The third-order valence-corrected chi connectivity index (χ3v) is 2.76. The second-order valence-electron chi connectivity index (χ2n) is 4.28. The first-order valence-corrected chi connectivity index (χ1v) is 6.12. The van der Waals surface area contributed by atoms with Crippen LogP contribution in [0.3, 0.4) is 0 Å². The van der Waals surface area contributed by atoms with Crippen LogP contribution < -0.4 is 10.5 Å². The van der Waals surface area contributed by atoms with Crippen molar-refractivity contribution in [2.75, 3.05) is 5.73 Å². The summed E-state index contributed by atoms with van der Waals surface area (Å²) in [5, 5.41) is 0. The van der Waals surface area contributed by atoms with Gasteiger partial charge in [-0.05, 0) is 36.2 Å². The number of nitrogen functional groups attached to an aromatic ring is 1. The molecule has 2 aromatic rings. The predicted octanol–water partition coefficient (Wildman–Crippen LogP) is 4.29. The Balaban J connectivity index is 2.24. The molecule has 2 aromatic carbocycles. The van der Waals surface area contributed by atoms with Crippen molar-refractivity contribution in [1.82, 2.24) is 0 Å². The van der Waals surface area contributed by atoms with E-state index in [4.69, 9.17) is 10.5 Å². The molecule has 0 atom stereocenters. The average Bonchev–Trinajstić information content (AvgIpc) is 2.41. The van der Waals surface area contributed by atoms with Crippen LogP contribution in [0.4, 0.5) is 14.5 Å². The molecule has 0 heterocycles. The molecule has 0 aliphatic rings. The number of rotatable bonds is 4. The van der Waals surface area contributed by atoms with Crippen molar-refractivity contribution in [2.24, 2.45) is 0 Å². The third-order valence-electron chi connectivity index (χ3n) is 2.76. The van der Waals surface area contributed by atoms with Gasteiger partial charge in [-0.3, -0.25) is 0 Å². The van der Waals surface area contributed by atoms with Crippen LogP contribution in [0.5, 0.6) is 11.5 Å². The molecule has 19 heavy (non-hydrogen) atoms. The van der Waals surface area contributed by atoms with E-state index in [9.17, 15) is 8.78 Å². The lowest BCUT2D eigenvalue weighted by molar-refractivity contribution is 0.418. The zero-order valence-corrected chi connectivity index (χ0v) is 10.6. The molecule has 0 fully saturated rings. The van der Waals surface area contributed by atoms with Crippen molar-refractivity contribution in [2.45, 2.75) is 19.8 Å². The van der Waals surface area contributed by atoms with Gasteiger partial charge in [0.05, 0.1) is 5.69 Å². The SMILES string of the molecule is CCCc1ccc(Oc2c(N)ccc(F)c2F)cc1. The summed E-state index contributed by atoms with van der Waals surface area (Å²) < 4.78 is 32.0. The van der Waals surface area contributed by atoms with E-state index in [1.807, 2.05) is 12.1 Å². The summed E-state index contributed by atoms with van der Waals surface area (Å²) in [4.78, 5) is 0. The van der Waals surface area contributed by atoms with Crippen molar-refractivity contribution in [3.8, 4) is 11.5 Å². The predicted molar refractivity (Wildman–Crippen MR) is 71.3 cm³/mol. The molecular weight excluding hydrogens is 248 g/mol. The average molecular weight is 263 g/mol. The maximum absolute atomic E-state index is 13.6. The topological polar surface area (TPSA) is 35.2 Å². The number of aryl methyl sites for hydroxylation is 1. The summed E-state index contributed by atoms with van der Waals surface area (Å²) in [6.07, 6.45) is 2.02. The summed E-state index contributed by atoms with van der Waals surface area (Å²) in [5.74, 6) is -1.90. The smallest absolute Gasteiger partial charge is 0.203 e. The van der Waals surface area contributed by atoms with E-state index in [0.717, 1.165) is 18.9 Å². The number of benzene rings is 2. The molecule has 0 spiro atoms. The Labute approximate surface area is 110 Å². The largest absolute Gasteiger partial charge is 0.452 e. The van der Waals surface area contributed by atoms with Gasteiger partial charge >= 0.3 is 0 Å². The van der Waals surface area contributed by atoms with Gasteiger partial charge in [0, 0.05) is 0 Å². The number of hydrogen-bond donors (Lipinski definition) is 1. The molecule has 0 bridgehead atoms. The highest BCUT2D eigenvalue weighted by molar-refractivity contribution is 5.54. The second-order valence-corrected chi connectivity index (χ2v) is 4.28. The monoisotopic (exact) mass is 263 g/mol. The van der Waals surface area contributed by atoms with Crippen LogP contribution in [0, 0.1) is 11.6 Å². The minimum atomic E-state index is -1.07. The third kappa shape index (κ3) is 3.02. The van der Waals surface area contributed by atoms with Gasteiger partial charge in [-0.25, -0.2) is 4.39 Å². The van der Waals surface area contributed by atoms with Crippen molar-refractivity contribution >= 4 is 5.69 Å². The van der Waals surface area contributed by atoms with Gasteiger partial charge in [0.15, 0.2) is 11.6 Å². The van der Waals surface area contributed by atoms with E-state index in [-0.39, 0.29) is 11.4 Å². The maximum atomic E-state index is 13.6. The number of nitrogens with two attached hydrogens (primary N) is 1. The quantitative estimate of drug-likeness (QED) is 0.835. The maximum Gasteiger partial charge on any atom is 0.203 e. The first kappa shape index (κ1) is 13.3. The Bertz CT molecular complexity index is 567. The zero-order valence-electron chi connectivity index (χ0n) is 10.6. The number of anilines is 1. The Morgan fingerprint density at radius 1 is 1.05 bits per heavy atom. The van der Waals surface area contributed by atoms with Gasteiger partial charge < -0.3 is 10.5 Å². The van der Waals surface area contributed by atoms with Crippen LogP contribution in [-0.4, -0.2) is 0 Å². The molecule has 2 N–H and O–H groups in total. The lowest BCUT2D eigenvalue weighted by Gasteiger charge is -2.10. The normalized spacial score (nSPS) is 10.5. The van der Waals surface area contributed by atoms with Gasteiger partial charge in [0.25, 0.3) is 0 Å². The number of halogens is 2. The Morgan fingerprint density at radius 3 is 2.37 bits per heavy atom. The molecule has 4 heteroatoms. The lowest BCUT2D eigenvalue weighted by atomic mass is 10.1. The molecule has 0 amide bonds. The second kappa shape index (κ2) is 5.69. The van der Waals surface area contributed by atoms with Gasteiger partial charge in [0.2, 0.25) is 5.82 Å². The van der Waals surface area contributed by atoms with E-state index in [1.165, 1.54) is 11.6 Å². The van der Waals surface area contributed by atoms with E-state index >= 15 is 0 Å².